The summed E-state index contributed by atoms with van der Waals surface area (Å²) in [6, 6.07) is 7.27. The van der Waals surface area contributed by atoms with Crippen molar-refractivity contribution < 1.29 is 39.8 Å². The van der Waals surface area contributed by atoms with Crippen LogP contribution in [0.15, 0.2) is 24.3 Å². The first-order valence-electron chi connectivity index (χ1n) is 14.4. The molecule has 0 spiro atoms. The molecule has 9 heteroatoms. The topological polar surface area (TPSA) is 146 Å². The van der Waals surface area contributed by atoms with Gasteiger partial charge in [0.25, 0.3) is 5.91 Å². The third kappa shape index (κ3) is 6.17. The Bertz CT molecular complexity index is 991. The van der Waals surface area contributed by atoms with E-state index in [0.717, 1.165) is 31.4 Å². The number of hydrogen-bond donors (Lipinski definition) is 5. The van der Waals surface area contributed by atoms with Crippen LogP contribution in [0.4, 0.5) is 0 Å². The summed E-state index contributed by atoms with van der Waals surface area (Å²) in [5.74, 6) is 1.32. The monoisotopic (exact) mass is 547 g/mol. The molecule has 1 amide bonds. The fourth-order valence-corrected chi connectivity index (χ4v) is 7.90. The van der Waals surface area contributed by atoms with Crippen LogP contribution in [0.5, 0.6) is 0 Å². The summed E-state index contributed by atoms with van der Waals surface area (Å²) in [7, 11) is 0. The van der Waals surface area contributed by atoms with E-state index in [-0.39, 0.29) is 24.0 Å². The minimum absolute atomic E-state index is 0.0214. The van der Waals surface area contributed by atoms with Gasteiger partial charge in [0.2, 0.25) is 0 Å². The smallest absolute Gasteiger partial charge is 0.309 e. The second-order valence-electron chi connectivity index (χ2n) is 12.7. The zero-order valence-corrected chi connectivity index (χ0v) is 23.3. The highest BCUT2D eigenvalue weighted by atomic mass is 17.0. The van der Waals surface area contributed by atoms with E-state index in [2.05, 4.69) is 26.1 Å². The molecule has 2 bridgehead atoms. The normalized spacial score (nSPS) is 36.7. The number of amides is 1. The number of fused-ring (bicyclic) bond motifs is 2. The van der Waals surface area contributed by atoms with Crippen molar-refractivity contribution in [3.8, 4) is 0 Å². The van der Waals surface area contributed by atoms with E-state index in [1.807, 2.05) is 12.1 Å². The summed E-state index contributed by atoms with van der Waals surface area (Å²) in [5, 5.41) is 35.5. The molecule has 5 fully saturated rings. The van der Waals surface area contributed by atoms with Gasteiger partial charge in [-0.1, -0.05) is 32.4 Å². The molecule has 5 aliphatic rings. The molecule has 0 aromatic heterocycles. The van der Waals surface area contributed by atoms with Crippen molar-refractivity contribution in [1.29, 1.82) is 0 Å². The lowest BCUT2D eigenvalue weighted by atomic mass is 9.62. The highest BCUT2D eigenvalue weighted by molar-refractivity contribution is 5.95. The molecule has 1 aromatic carbocycles. The lowest BCUT2D eigenvalue weighted by molar-refractivity contribution is -0.176. The van der Waals surface area contributed by atoms with Crippen LogP contribution in [0.1, 0.15) is 88.1 Å². The summed E-state index contributed by atoms with van der Waals surface area (Å²) in [6.07, 6.45) is 6.47. The Balaban J connectivity index is 0.00000172. The molecule has 1 aliphatic heterocycles. The Morgan fingerprint density at radius 3 is 2.38 bits per heavy atom. The zero-order chi connectivity index (χ0) is 28.4. The summed E-state index contributed by atoms with van der Waals surface area (Å²) in [4.78, 5) is 24.3. The van der Waals surface area contributed by atoms with Gasteiger partial charge in [0.15, 0.2) is 6.29 Å². The van der Waals surface area contributed by atoms with Gasteiger partial charge in [-0.3, -0.25) is 20.1 Å². The number of hydrogen-bond acceptors (Lipinski definition) is 7. The van der Waals surface area contributed by atoms with Crippen molar-refractivity contribution >= 4 is 11.9 Å². The second kappa shape index (κ2) is 12.2. The van der Waals surface area contributed by atoms with Crippen LogP contribution in [-0.2, 0) is 20.9 Å². The molecule has 0 radical (unpaired) electrons. The highest BCUT2D eigenvalue weighted by Crippen LogP contribution is 2.61. The molecule has 6 unspecified atom stereocenters. The molecule has 4 saturated carbocycles. The van der Waals surface area contributed by atoms with E-state index in [1.165, 1.54) is 12.8 Å². The largest absolute Gasteiger partial charge is 0.481 e. The van der Waals surface area contributed by atoms with Gasteiger partial charge >= 0.3 is 5.97 Å². The molecular weight excluding hydrogens is 502 g/mol. The molecule has 1 heterocycles. The predicted molar refractivity (Wildman–Crippen MR) is 144 cm³/mol. The number of carbonyl (C=O) groups is 2. The van der Waals surface area contributed by atoms with Crippen molar-refractivity contribution in [3.05, 3.63) is 35.4 Å². The molecule has 1 aromatic rings. The Morgan fingerprint density at radius 2 is 1.74 bits per heavy atom. The van der Waals surface area contributed by atoms with Gasteiger partial charge in [-0.05, 0) is 93.2 Å². The van der Waals surface area contributed by atoms with Crippen molar-refractivity contribution in [3.63, 3.8) is 0 Å². The molecule has 6 rings (SSSR count). The summed E-state index contributed by atoms with van der Waals surface area (Å²) < 4.78 is 12.0. The Kier molecular flexibility index (Phi) is 9.38. The number of aliphatic hydroxyl groups excluding tert-OH is 1. The molecule has 7 atom stereocenters. The van der Waals surface area contributed by atoms with E-state index in [4.69, 9.17) is 20.0 Å². The Morgan fingerprint density at radius 1 is 1.05 bits per heavy atom. The zero-order valence-electron chi connectivity index (χ0n) is 23.3. The van der Waals surface area contributed by atoms with Gasteiger partial charge in [-0.15, -0.1) is 0 Å². The predicted octanol–water partition coefficient (Wildman–Crippen LogP) is 4.78. The molecule has 1 saturated heterocycles. The minimum atomic E-state index is -0.850. The molecule has 39 heavy (non-hydrogen) atoms. The van der Waals surface area contributed by atoms with E-state index in [9.17, 15) is 19.8 Å². The summed E-state index contributed by atoms with van der Waals surface area (Å²) in [5.41, 5.74) is 0.451. The number of aliphatic hydroxyl groups is 1. The van der Waals surface area contributed by atoms with Gasteiger partial charge < -0.3 is 25.0 Å². The van der Waals surface area contributed by atoms with Crippen LogP contribution >= 0.6 is 0 Å². The molecular formula is C30H45NO8. The average Bonchev–Trinajstić information content (AvgIpc) is 3.40. The van der Waals surface area contributed by atoms with Gasteiger partial charge in [0, 0.05) is 17.0 Å². The number of carbonyl (C=O) groups excluding carboxylic acids is 1. The quantitative estimate of drug-likeness (QED) is 0.178. The van der Waals surface area contributed by atoms with Crippen LogP contribution in [0, 0.1) is 35.0 Å². The summed E-state index contributed by atoms with van der Waals surface area (Å²) in [6.45, 7) is 7.70. The second-order valence-corrected chi connectivity index (χ2v) is 12.7. The number of nitrogens with one attached hydrogen (secondary N) is 1. The average molecular weight is 548 g/mol. The van der Waals surface area contributed by atoms with Gasteiger partial charge in [-0.25, -0.2) is 0 Å². The Labute approximate surface area is 230 Å². The SMILES string of the molecule is CC1CCC2C(CO1)C(C(C)C(O)OCc1ccc(C(=O)NC34CCC(C(=O)O)(C3)C4)cc1)CC[C@H]2C.OO. The van der Waals surface area contributed by atoms with Crippen molar-refractivity contribution in [1.82, 2.24) is 5.32 Å². The van der Waals surface area contributed by atoms with Crippen LogP contribution in [0.25, 0.3) is 0 Å². The number of carboxylic acid groups (broad SMARTS) is 1. The van der Waals surface area contributed by atoms with E-state index in [1.54, 1.807) is 12.1 Å². The number of ether oxygens (including phenoxy) is 2. The number of carboxylic acids is 1. The highest BCUT2D eigenvalue weighted by Gasteiger charge is 2.65. The van der Waals surface area contributed by atoms with Crippen molar-refractivity contribution in [2.75, 3.05) is 6.61 Å². The first-order valence-corrected chi connectivity index (χ1v) is 14.4. The third-order valence-corrected chi connectivity index (χ3v) is 10.3. The lowest BCUT2D eigenvalue weighted by Gasteiger charge is -2.45. The summed E-state index contributed by atoms with van der Waals surface area (Å²) >= 11 is 0. The van der Waals surface area contributed by atoms with Crippen LogP contribution in [0.2, 0.25) is 0 Å². The number of rotatable bonds is 8. The van der Waals surface area contributed by atoms with E-state index >= 15 is 0 Å². The minimum Gasteiger partial charge on any atom is -0.481 e. The molecule has 5 N–H and O–H groups in total. The van der Waals surface area contributed by atoms with E-state index in [0.29, 0.717) is 54.6 Å². The Hall–Kier alpha value is -2.04. The lowest BCUT2D eigenvalue weighted by Crippen LogP contribution is -2.57. The first kappa shape index (κ1) is 29.9. The van der Waals surface area contributed by atoms with Crippen LogP contribution in [0.3, 0.4) is 0 Å². The maximum Gasteiger partial charge on any atom is 0.309 e. The molecule has 4 aliphatic carbocycles. The standard InChI is InChI=1S/C30H43NO6.H2O2/c1-18-4-10-24(25-15-36-19(2)5-11-23(18)25)20(3)27(33)37-14-21-6-8-22(9-7-21)26(32)31-30-13-12-29(16-30,17-30)28(34)35;1-2/h6-9,18-20,23-25,27,33H,4-5,10-17H2,1-3H3,(H,31,32)(H,34,35);1-2H/t18-,19?,20?,23?,24?,25?,27?,29?,30?;/m1./s1. The first-order chi connectivity index (χ1) is 18.6. The van der Waals surface area contributed by atoms with Crippen LogP contribution in [-0.4, -0.2) is 57.1 Å². The number of aliphatic carboxylic acids is 1. The fourth-order valence-electron chi connectivity index (χ4n) is 7.90. The third-order valence-electron chi connectivity index (χ3n) is 10.3. The van der Waals surface area contributed by atoms with Crippen molar-refractivity contribution in [2.45, 2.75) is 96.7 Å². The maximum absolute atomic E-state index is 12.8. The van der Waals surface area contributed by atoms with Gasteiger partial charge in [0.1, 0.15) is 0 Å². The van der Waals surface area contributed by atoms with E-state index < -0.39 is 17.7 Å². The fraction of sp³-hybridized carbons (Fsp3) is 0.733. The maximum atomic E-state index is 12.8. The van der Waals surface area contributed by atoms with Gasteiger partial charge in [0.05, 0.1) is 24.7 Å². The van der Waals surface area contributed by atoms with Gasteiger partial charge in [-0.2, -0.15) is 0 Å². The molecule has 9 nitrogen and oxygen atoms in total. The molecule has 218 valence electrons. The van der Waals surface area contributed by atoms with Crippen molar-refractivity contribution in [2.24, 2.45) is 35.0 Å². The number of benzene rings is 1. The van der Waals surface area contributed by atoms with Crippen LogP contribution < -0.4 is 5.32 Å².